The predicted molar refractivity (Wildman–Crippen MR) is 136 cm³/mol. The lowest BCUT2D eigenvalue weighted by Gasteiger charge is -2.30. The Morgan fingerprint density at radius 1 is 0.703 bits per heavy atom. The molecule has 7 heteroatoms. The zero-order chi connectivity index (χ0) is 26.4. The van der Waals surface area contributed by atoms with Gasteiger partial charge in [-0.15, -0.1) is 0 Å². The van der Waals surface area contributed by atoms with Crippen molar-refractivity contribution in [2.24, 2.45) is 0 Å². The van der Waals surface area contributed by atoms with E-state index in [2.05, 4.69) is 6.92 Å². The van der Waals surface area contributed by atoms with Gasteiger partial charge in [-0.3, -0.25) is 0 Å². The lowest BCUT2D eigenvalue weighted by atomic mass is 9.94. The summed E-state index contributed by atoms with van der Waals surface area (Å²) in [6.07, 6.45) is 6.26. The molecule has 1 saturated heterocycles. The van der Waals surface area contributed by atoms with E-state index in [4.69, 9.17) is 14.2 Å². The van der Waals surface area contributed by atoms with Crippen LogP contribution in [0.5, 0.6) is 5.75 Å². The zero-order valence-electron chi connectivity index (χ0n) is 21.2. The van der Waals surface area contributed by atoms with Gasteiger partial charge in [0.2, 0.25) is 5.82 Å². The minimum atomic E-state index is -1.08. The van der Waals surface area contributed by atoms with Crippen LogP contribution in [0, 0.1) is 23.3 Å². The maximum atomic E-state index is 15.1. The van der Waals surface area contributed by atoms with E-state index in [-0.39, 0.29) is 41.9 Å². The summed E-state index contributed by atoms with van der Waals surface area (Å²) in [5.74, 6) is -4.60. The summed E-state index contributed by atoms with van der Waals surface area (Å²) >= 11 is 0. The molecule has 0 atom stereocenters. The molecule has 1 aliphatic heterocycles. The molecule has 3 aromatic rings. The molecular weight excluding hydrogens is 484 g/mol. The van der Waals surface area contributed by atoms with Gasteiger partial charge in [-0.05, 0) is 41.7 Å². The van der Waals surface area contributed by atoms with Crippen molar-refractivity contribution in [2.75, 3.05) is 20.3 Å². The van der Waals surface area contributed by atoms with Crippen LogP contribution in [0.3, 0.4) is 0 Å². The van der Waals surface area contributed by atoms with Crippen LogP contribution < -0.4 is 4.74 Å². The van der Waals surface area contributed by atoms with Crippen molar-refractivity contribution in [3.05, 3.63) is 77.4 Å². The monoisotopic (exact) mass is 516 g/mol. The Labute approximate surface area is 215 Å². The van der Waals surface area contributed by atoms with Gasteiger partial charge in [0.15, 0.2) is 29.5 Å². The Morgan fingerprint density at radius 2 is 1.27 bits per heavy atom. The third-order valence-electron chi connectivity index (χ3n) is 6.84. The minimum Gasteiger partial charge on any atom is -0.494 e. The average molecular weight is 517 g/mol. The number of hydrogen-bond acceptors (Lipinski definition) is 3. The second-order valence-corrected chi connectivity index (χ2v) is 9.35. The van der Waals surface area contributed by atoms with Gasteiger partial charge >= 0.3 is 0 Å². The van der Waals surface area contributed by atoms with Crippen molar-refractivity contribution < 1.29 is 31.8 Å². The maximum Gasteiger partial charge on any atom is 0.201 e. The summed E-state index contributed by atoms with van der Waals surface area (Å²) in [5, 5.41) is 0. The van der Waals surface area contributed by atoms with Crippen molar-refractivity contribution >= 4 is 0 Å². The van der Waals surface area contributed by atoms with Crippen LogP contribution in [0.1, 0.15) is 56.9 Å². The molecule has 1 aliphatic rings. The first-order valence-electron chi connectivity index (χ1n) is 12.8. The second kappa shape index (κ2) is 12.6. The van der Waals surface area contributed by atoms with Gasteiger partial charge in [-0.1, -0.05) is 69.0 Å². The number of halogens is 4. The Kier molecular flexibility index (Phi) is 9.22. The first-order valence-corrected chi connectivity index (χ1v) is 12.8. The first kappa shape index (κ1) is 27.1. The smallest absolute Gasteiger partial charge is 0.201 e. The van der Waals surface area contributed by atoms with Crippen molar-refractivity contribution in [1.29, 1.82) is 0 Å². The molecule has 3 nitrogen and oxygen atoms in total. The molecule has 0 spiro atoms. The molecule has 0 radical (unpaired) electrons. The lowest BCUT2D eigenvalue weighted by molar-refractivity contribution is -0.190. The molecule has 3 aromatic carbocycles. The predicted octanol–water partition coefficient (Wildman–Crippen LogP) is 8.40. The largest absolute Gasteiger partial charge is 0.494 e. The van der Waals surface area contributed by atoms with Crippen LogP contribution in [-0.2, 0) is 9.47 Å². The van der Waals surface area contributed by atoms with E-state index in [1.54, 1.807) is 18.2 Å². The van der Waals surface area contributed by atoms with E-state index in [0.29, 0.717) is 11.1 Å². The minimum absolute atomic E-state index is 0.0448. The molecule has 0 aromatic heterocycles. The van der Waals surface area contributed by atoms with Crippen LogP contribution >= 0.6 is 0 Å². The molecule has 0 aliphatic carbocycles. The summed E-state index contributed by atoms with van der Waals surface area (Å²) in [7, 11) is 1.26. The summed E-state index contributed by atoms with van der Waals surface area (Å²) in [4.78, 5) is 0. The molecule has 1 heterocycles. The molecular formula is C30H32F4O3. The van der Waals surface area contributed by atoms with Gasteiger partial charge in [0.25, 0.3) is 0 Å². The molecule has 0 N–H and O–H groups in total. The fraction of sp³-hybridized carbons (Fsp3) is 0.400. The number of benzene rings is 3. The zero-order valence-corrected chi connectivity index (χ0v) is 21.2. The van der Waals surface area contributed by atoms with Gasteiger partial charge < -0.3 is 14.2 Å². The third-order valence-corrected chi connectivity index (χ3v) is 6.84. The van der Waals surface area contributed by atoms with E-state index in [9.17, 15) is 8.78 Å². The Hall–Kier alpha value is -2.90. The van der Waals surface area contributed by atoms with Gasteiger partial charge in [-0.2, -0.15) is 4.39 Å². The molecule has 0 unspecified atom stereocenters. The van der Waals surface area contributed by atoms with Gasteiger partial charge in [0.1, 0.15) is 0 Å². The molecule has 4 rings (SSSR count). The van der Waals surface area contributed by atoms with Gasteiger partial charge in [0.05, 0.1) is 20.3 Å². The van der Waals surface area contributed by atoms with Crippen molar-refractivity contribution in [2.45, 2.75) is 57.7 Å². The number of rotatable bonds is 10. The highest BCUT2D eigenvalue weighted by atomic mass is 19.2. The SMILES string of the molecule is CCCCCCCC1OCC(c2ccc(-c3ccc(-c4ccc(OC)c(F)c4F)cc3)c(F)c2F)CO1. The number of hydrogen-bond donors (Lipinski definition) is 0. The van der Waals surface area contributed by atoms with Gasteiger partial charge in [0, 0.05) is 17.0 Å². The summed E-state index contributed by atoms with van der Waals surface area (Å²) < 4.78 is 75.0. The highest BCUT2D eigenvalue weighted by molar-refractivity contribution is 5.71. The molecule has 198 valence electrons. The van der Waals surface area contributed by atoms with Crippen molar-refractivity contribution in [1.82, 2.24) is 0 Å². The summed E-state index contributed by atoms with van der Waals surface area (Å²) in [6, 6.07) is 12.0. The fourth-order valence-electron chi connectivity index (χ4n) is 4.65. The van der Waals surface area contributed by atoms with Crippen molar-refractivity contribution in [3.63, 3.8) is 0 Å². The third kappa shape index (κ3) is 6.16. The van der Waals surface area contributed by atoms with Crippen LogP contribution in [0.25, 0.3) is 22.3 Å². The molecule has 0 bridgehead atoms. The highest BCUT2D eigenvalue weighted by Gasteiger charge is 2.27. The highest BCUT2D eigenvalue weighted by Crippen LogP contribution is 2.34. The summed E-state index contributed by atoms with van der Waals surface area (Å²) in [5.41, 5.74) is 1.16. The Morgan fingerprint density at radius 3 is 1.86 bits per heavy atom. The van der Waals surface area contributed by atoms with E-state index >= 15 is 8.78 Å². The quantitative estimate of drug-likeness (QED) is 0.200. The number of unbranched alkanes of at least 4 members (excludes halogenated alkanes) is 4. The Bertz CT molecular complexity index is 1190. The molecule has 0 amide bonds. The van der Waals surface area contributed by atoms with E-state index in [1.165, 1.54) is 56.7 Å². The van der Waals surface area contributed by atoms with E-state index in [1.807, 2.05) is 0 Å². The Balaban J connectivity index is 1.43. The molecule has 1 fully saturated rings. The van der Waals surface area contributed by atoms with E-state index < -0.39 is 29.2 Å². The van der Waals surface area contributed by atoms with Crippen LogP contribution in [0.2, 0.25) is 0 Å². The van der Waals surface area contributed by atoms with Crippen LogP contribution in [0.4, 0.5) is 17.6 Å². The first-order chi connectivity index (χ1) is 17.9. The second-order valence-electron chi connectivity index (χ2n) is 9.35. The molecule has 0 saturated carbocycles. The fourth-order valence-corrected chi connectivity index (χ4v) is 4.65. The van der Waals surface area contributed by atoms with Gasteiger partial charge in [-0.25, -0.2) is 13.2 Å². The van der Waals surface area contributed by atoms with Crippen LogP contribution in [0.15, 0.2) is 48.5 Å². The summed E-state index contributed by atoms with van der Waals surface area (Å²) in [6.45, 7) is 2.72. The van der Waals surface area contributed by atoms with E-state index in [0.717, 1.165) is 19.3 Å². The maximum absolute atomic E-state index is 15.1. The standard InChI is InChI=1S/C30H32F4O3/c1-3-4-5-6-7-8-26-36-17-21(18-37-26)24-14-13-22(27(31)28(24)32)19-9-11-20(12-10-19)23-15-16-25(35-2)30(34)29(23)33/h9-16,21,26H,3-8,17-18H2,1-2H3. The lowest BCUT2D eigenvalue weighted by Crippen LogP contribution is -2.31. The number of methoxy groups -OCH3 is 1. The molecule has 37 heavy (non-hydrogen) atoms. The average Bonchev–Trinajstić information content (AvgIpc) is 2.92. The van der Waals surface area contributed by atoms with Crippen LogP contribution in [-0.4, -0.2) is 26.6 Å². The normalized spacial score (nSPS) is 17.7. The topological polar surface area (TPSA) is 27.7 Å². The van der Waals surface area contributed by atoms with Crippen molar-refractivity contribution in [3.8, 4) is 28.0 Å². The number of ether oxygens (including phenoxy) is 3.